The predicted molar refractivity (Wildman–Crippen MR) is 86.0 cm³/mol. The van der Waals surface area contributed by atoms with Gasteiger partial charge in [-0.15, -0.1) is 11.3 Å². The standard InChI is InChI=1S/C15H12BrF2NO2S/c16-13-7-5-11(22-13)6-8-14(20)19-9-10-3-1-2-4-12(10)21-15(17)18/h1-8,15H,9H2,(H,19,20)/b8-6+. The summed E-state index contributed by atoms with van der Waals surface area (Å²) in [5.74, 6) is -0.250. The minimum absolute atomic E-state index is 0.0592. The van der Waals surface area contributed by atoms with E-state index in [1.165, 1.54) is 23.5 Å². The van der Waals surface area contributed by atoms with Crippen molar-refractivity contribution in [2.75, 3.05) is 0 Å². The summed E-state index contributed by atoms with van der Waals surface area (Å²) in [6.07, 6.45) is 3.08. The second kappa shape index (κ2) is 8.05. The molecule has 0 unspecified atom stereocenters. The Morgan fingerprint density at radius 1 is 1.32 bits per heavy atom. The quantitative estimate of drug-likeness (QED) is 0.743. The van der Waals surface area contributed by atoms with E-state index in [0.29, 0.717) is 5.56 Å². The Labute approximate surface area is 138 Å². The van der Waals surface area contributed by atoms with Crippen LogP contribution in [0.1, 0.15) is 10.4 Å². The zero-order valence-electron chi connectivity index (χ0n) is 11.3. The molecule has 116 valence electrons. The minimum atomic E-state index is -2.89. The number of amides is 1. The van der Waals surface area contributed by atoms with E-state index in [-0.39, 0.29) is 18.2 Å². The molecule has 1 aromatic heterocycles. The number of halogens is 3. The topological polar surface area (TPSA) is 38.3 Å². The van der Waals surface area contributed by atoms with Crippen LogP contribution in [0.4, 0.5) is 8.78 Å². The summed E-state index contributed by atoms with van der Waals surface area (Å²) in [5, 5.41) is 2.63. The van der Waals surface area contributed by atoms with Gasteiger partial charge in [0, 0.05) is 23.1 Å². The van der Waals surface area contributed by atoms with Crippen molar-refractivity contribution in [1.82, 2.24) is 5.32 Å². The van der Waals surface area contributed by atoms with Gasteiger partial charge in [0.2, 0.25) is 5.91 Å². The fraction of sp³-hybridized carbons (Fsp3) is 0.133. The molecule has 1 aromatic carbocycles. The van der Waals surface area contributed by atoms with Gasteiger partial charge < -0.3 is 10.1 Å². The third-order valence-corrected chi connectivity index (χ3v) is 4.22. The lowest BCUT2D eigenvalue weighted by Crippen LogP contribution is -2.20. The molecule has 0 saturated heterocycles. The molecule has 0 aliphatic rings. The first-order valence-corrected chi connectivity index (χ1v) is 7.89. The Bertz CT molecular complexity index is 673. The largest absolute Gasteiger partial charge is 0.434 e. The Morgan fingerprint density at radius 3 is 2.77 bits per heavy atom. The smallest absolute Gasteiger partial charge is 0.387 e. The Morgan fingerprint density at radius 2 is 2.09 bits per heavy atom. The van der Waals surface area contributed by atoms with Crippen LogP contribution in [0.5, 0.6) is 5.75 Å². The van der Waals surface area contributed by atoms with Crippen molar-refractivity contribution in [3.05, 3.63) is 56.7 Å². The SMILES string of the molecule is O=C(/C=C/c1ccc(Br)s1)NCc1ccccc1OC(F)F. The monoisotopic (exact) mass is 387 g/mol. The van der Waals surface area contributed by atoms with Crippen LogP contribution in [-0.2, 0) is 11.3 Å². The maximum Gasteiger partial charge on any atom is 0.387 e. The van der Waals surface area contributed by atoms with E-state index in [9.17, 15) is 13.6 Å². The molecule has 2 aromatic rings. The van der Waals surface area contributed by atoms with Crippen molar-refractivity contribution >= 4 is 39.2 Å². The highest BCUT2D eigenvalue weighted by Gasteiger charge is 2.09. The van der Waals surface area contributed by atoms with Crippen molar-refractivity contribution in [2.24, 2.45) is 0 Å². The maximum absolute atomic E-state index is 12.3. The summed E-state index contributed by atoms with van der Waals surface area (Å²) in [7, 11) is 0. The van der Waals surface area contributed by atoms with E-state index in [4.69, 9.17) is 0 Å². The Hall–Kier alpha value is -1.73. The van der Waals surface area contributed by atoms with E-state index in [1.54, 1.807) is 24.3 Å². The lowest BCUT2D eigenvalue weighted by molar-refractivity contribution is -0.116. The molecule has 0 spiro atoms. The van der Waals surface area contributed by atoms with Gasteiger partial charge >= 0.3 is 6.61 Å². The van der Waals surface area contributed by atoms with Gasteiger partial charge in [-0.25, -0.2) is 0 Å². The number of nitrogens with one attached hydrogen (secondary N) is 1. The number of rotatable bonds is 6. The number of benzene rings is 1. The zero-order valence-corrected chi connectivity index (χ0v) is 13.7. The highest BCUT2D eigenvalue weighted by Crippen LogP contribution is 2.23. The summed E-state index contributed by atoms with van der Waals surface area (Å²) in [5.41, 5.74) is 0.489. The zero-order chi connectivity index (χ0) is 15.9. The van der Waals surface area contributed by atoms with Crippen LogP contribution < -0.4 is 10.1 Å². The van der Waals surface area contributed by atoms with E-state index in [1.807, 2.05) is 12.1 Å². The molecule has 2 rings (SSSR count). The van der Waals surface area contributed by atoms with Crippen LogP contribution in [0.3, 0.4) is 0 Å². The molecule has 0 atom stereocenters. The average molecular weight is 388 g/mol. The number of hydrogen-bond donors (Lipinski definition) is 1. The molecule has 0 fully saturated rings. The van der Waals surface area contributed by atoms with Gasteiger partial charge in [0.15, 0.2) is 0 Å². The number of hydrogen-bond acceptors (Lipinski definition) is 3. The van der Waals surface area contributed by atoms with Crippen LogP contribution in [-0.4, -0.2) is 12.5 Å². The lowest BCUT2D eigenvalue weighted by atomic mass is 10.2. The molecule has 1 amide bonds. The summed E-state index contributed by atoms with van der Waals surface area (Å²) >= 11 is 4.84. The summed E-state index contributed by atoms with van der Waals surface area (Å²) < 4.78 is 30.0. The van der Waals surface area contributed by atoms with E-state index < -0.39 is 6.61 Å². The summed E-state index contributed by atoms with van der Waals surface area (Å²) in [6, 6.07) is 10.1. The number of ether oxygens (including phenoxy) is 1. The van der Waals surface area contributed by atoms with E-state index in [2.05, 4.69) is 26.0 Å². The van der Waals surface area contributed by atoms with Gasteiger partial charge in [-0.2, -0.15) is 8.78 Å². The fourth-order valence-corrected chi connectivity index (χ4v) is 3.00. The number of carbonyl (C=O) groups is 1. The van der Waals surface area contributed by atoms with Gasteiger partial charge in [-0.3, -0.25) is 4.79 Å². The maximum atomic E-state index is 12.3. The van der Waals surface area contributed by atoms with Crippen molar-refractivity contribution in [2.45, 2.75) is 13.2 Å². The fourth-order valence-electron chi connectivity index (χ4n) is 1.68. The first-order chi connectivity index (χ1) is 10.5. The molecule has 0 radical (unpaired) electrons. The third kappa shape index (κ3) is 5.23. The molecule has 3 nitrogen and oxygen atoms in total. The first-order valence-electron chi connectivity index (χ1n) is 6.28. The lowest BCUT2D eigenvalue weighted by Gasteiger charge is -2.10. The van der Waals surface area contributed by atoms with Crippen molar-refractivity contribution < 1.29 is 18.3 Å². The molecule has 0 aliphatic heterocycles. The number of carbonyl (C=O) groups excluding carboxylic acids is 1. The van der Waals surface area contributed by atoms with Gasteiger partial charge in [-0.05, 0) is 40.2 Å². The van der Waals surface area contributed by atoms with Crippen LogP contribution >= 0.6 is 27.3 Å². The second-order valence-corrected chi connectivity index (χ2v) is 6.67. The molecule has 0 bridgehead atoms. The first kappa shape index (κ1) is 16.6. The highest BCUT2D eigenvalue weighted by atomic mass is 79.9. The normalized spacial score (nSPS) is 11.1. The molecule has 0 aliphatic carbocycles. The van der Waals surface area contributed by atoms with Gasteiger partial charge in [0.25, 0.3) is 0 Å². The van der Waals surface area contributed by atoms with Gasteiger partial charge in [0.1, 0.15) is 5.75 Å². The Kier molecular flexibility index (Phi) is 6.09. The van der Waals surface area contributed by atoms with Crippen LogP contribution in [0.2, 0.25) is 0 Å². The highest BCUT2D eigenvalue weighted by molar-refractivity contribution is 9.11. The minimum Gasteiger partial charge on any atom is -0.434 e. The molecule has 1 N–H and O–H groups in total. The number of thiophene rings is 1. The summed E-state index contributed by atoms with van der Waals surface area (Å²) in [6.45, 7) is -2.78. The Balaban J connectivity index is 1.92. The van der Waals surface area contributed by atoms with E-state index >= 15 is 0 Å². The van der Waals surface area contributed by atoms with Crippen LogP contribution in [0, 0.1) is 0 Å². The van der Waals surface area contributed by atoms with Crippen LogP contribution in [0.15, 0.2) is 46.3 Å². The van der Waals surface area contributed by atoms with Crippen LogP contribution in [0.25, 0.3) is 6.08 Å². The van der Waals surface area contributed by atoms with Crippen molar-refractivity contribution in [1.29, 1.82) is 0 Å². The average Bonchev–Trinajstić information content (AvgIpc) is 2.89. The molecular weight excluding hydrogens is 376 g/mol. The van der Waals surface area contributed by atoms with Gasteiger partial charge in [-0.1, -0.05) is 18.2 Å². The molecule has 0 saturated carbocycles. The summed E-state index contributed by atoms with van der Waals surface area (Å²) in [4.78, 5) is 12.7. The predicted octanol–water partition coefficient (Wildman–Crippen LogP) is 4.44. The van der Waals surface area contributed by atoms with Gasteiger partial charge in [0.05, 0.1) is 3.79 Å². The van der Waals surface area contributed by atoms with Crippen molar-refractivity contribution in [3.63, 3.8) is 0 Å². The second-order valence-electron chi connectivity index (χ2n) is 4.18. The molecule has 22 heavy (non-hydrogen) atoms. The number of alkyl halides is 2. The molecule has 7 heteroatoms. The third-order valence-electron chi connectivity index (χ3n) is 2.63. The van der Waals surface area contributed by atoms with Crippen molar-refractivity contribution in [3.8, 4) is 5.75 Å². The molecular formula is C15H12BrF2NO2S. The molecule has 1 heterocycles. The van der Waals surface area contributed by atoms with E-state index in [0.717, 1.165) is 8.66 Å². The number of para-hydroxylation sites is 1.